The van der Waals surface area contributed by atoms with Crippen LogP contribution in [-0.2, 0) is 0 Å². The second-order valence-electron chi connectivity index (χ2n) is 1.44. The van der Waals surface area contributed by atoms with Gasteiger partial charge in [0.1, 0.15) is 0 Å². The van der Waals surface area contributed by atoms with E-state index in [0.29, 0.717) is 0 Å². The Kier molecular flexibility index (Phi) is 1.30. The van der Waals surface area contributed by atoms with E-state index >= 15 is 0 Å². The molecule has 1 aliphatic heterocycles. The molecule has 0 bridgehead atoms. The zero-order chi connectivity index (χ0) is 4.24. The van der Waals surface area contributed by atoms with Gasteiger partial charge in [-0.15, -0.1) is 0 Å². The second-order valence-corrected chi connectivity index (χ2v) is 1.44. The van der Waals surface area contributed by atoms with Gasteiger partial charge in [-0.3, -0.25) is 10.1 Å². The summed E-state index contributed by atoms with van der Waals surface area (Å²) in [6.07, 6.45) is 2.48. The van der Waals surface area contributed by atoms with Crippen LogP contribution in [0.3, 0.4) is 0 Å². The maximum absolute atomic E-state index is 3.80. The zero-order valence-corrected chi connectivity index (χ0v) is 3.72. The lowest BCUT2D eigenvalue weighted by Crippen LogP contribution is -1.94. The van der Waals surface area contributed by atoms with Crippen LogP contribution >= 0.6 is 0 Å². The Morgan fingerprint density at radius 2 is 1.50 bits per heavy atom. The third-order valence-electron chi connectivity index (χ3n) is 0.866. The zero-order valence-electron chi connectivity index (χ0n) is 3.72. The molecule has 0 unspecified atom stereocenters. The average molecular weight is 79.7 g/mol. The molecule has 1 heterocycles. The molecule has 0 aromatic rings. The predicted octanol–water partition coefficient (Wildman–Crippen LogP) is -0.00820. The second kappa shape index (κ2) is 2.00. The van der Waals surface area contributed by atoms with E-state index in [1.54, 1.807) is 0 Å². The van der Waals surface area contributed by atoms with Gasteiger partial charge in [0.2, 0.25) is 0 Å². The largest absolute Gasteiger partial charge is 0.288 e. The summed E-state index contributed by atoms with van der Waals surface area (Å²) in [5, 5.41) is 7.60. The molecule has 0 fully saturated rings. The minimum atomic E-state index is 0.958. The first-order chi connectivity index (χ1) is 3.00. The van der Waals surface area contributed by atoms with E-state index in [2.05, 4.69) is 10.1 Å². The van der Waals surface area contributed by atoms with E-state index in [0.717, 1.165) is 14.8 Å². The normalized spacial score (nSPS) is 18.7. The summed E-state index contributed by atoms with van der Waals surface area (Å²) >= 11 is 0. The van der Waals surface area contributed by atoms with Gasteiger partial charge in [-0.05, 0) is 0 Å². The van der Waals surface area contributed by atoms with E-state index in [4.69, 9.17) is 0 Å². The molecule has 0 saturated heterocycles. The van der Waals surface area contributed by atoms with Gasteiger partial charge < -0.3 is 0 Å². The monoisotopic (exact) mass is 80.1 g/mol. The van der Waals surface area contributed by atoms with Crippen molar-refractivity contribution < 1.29 is 0 Å². The lowest BCUT2D eigenvalue weighted by atomic mass is 9.74. The first-order valence-corrected chi connectivity index (χ1v) is 2.33. The molecule has 0 atom stereocenters. The summed E-state index contributed by atoms with van der Waals surface area (Å²) in [6.45, 7) is 0. The SMILES string of the molecule is B1CCBN=N1. The smallest absolute Gasteiger partial charge is 0.279 e. The van der Waals surface area contributed by atoms with Gasteiger partial charge in [-0.25, -0.2) is 0 Å². The Hall–Kier alpha value is -0.270. The Bertz CT molecular complexity index is 54.6. The molecule has 4 heteroatoms. The van der Waals surface area contributed by atoms with Crippen molar-refractivity contribution in [2.24, 2.45) is 10.1 Å². The molecule has 0 amide bonds. The molecule has 2 nitrogen and oxygen atoms in total. The quantitative estimate of drug-likeness (QED) is 0.365. The standard InChI is InChI=1S/C2H6B2N2/c1-2-4-6-5-3-1/h3-4H,1-2H2. The molecule has 1 rings (SSSR count). The van der Waals surface area contributed by atoms with Crippen LogP contribution in [0, 0.1) is 0 Å². The topological polar surface area (TPSA) is 24.7 Å². The molecular formula is C2H6B2N2. The summed E-state index contributed by atoms with van der Waals surface area (Å²) < 4.78 is 0. The van der Waals surface area contributed by atoms with Crippen LogP contribution < -0.4 is 0 Å². The lowest BCUT2D eigenvalue weighted by molar-refractivity contribution is 1.26. The van der Waals surface area contributed by atoms with Gasteiger partial charge in [0.15, 0.2) is 0 Å². The van der Waals surface area contributed by atoms with Gasteiger partial charge in [0.05, 0.1) is 0 Å². The van der Waals surface area contributed by atoms with E-state index in [1.807, 2.05) is 0 Å². The van der Waals surface area contributed by atoms with Gasteiger partial charge in [0.25, 0.3) is 14.8 Å². The number of hydrogen-bond acceptors (Lipinski definition) is 2. The minimum absolute atomic E-state index is 0.958. The van der Waals surface area contributed by atoms with Crippen molar-refractivity contribution >= 4 is 14.8 Å². The summed E-state index contributed by atoms with van der Waals surface area (Å²) in [5.74, 6) is 0. The molecule has 0 aromatic heterocycles. The Labute approximate surface area is 38.6 Å². The van der Waals surface area contributed by atoms with Crippen molar-refractivity contribution in [3.63, 3.8) is 0 Å². The van der Waals surface area contributed by atoms with Crippen molar-refractivity contribution in [2.45, 2.75) is 12.6 Å². The third-order valence-corrected chi connectivity index (χ3v) is 0.866. The van der Waals surface area contributed by atoms with Crippen LogP contribution in [0.5, 0.6) is 0 Å². The van der Waals surface area contributed by atoms with Crippen molar-refractivity contribution in [1.82, 2.24) is 0 Å². The molecule has 0 spiro atoms. The van der Waals surface area contributed by atoms with Crippen LogP contribution in [0.25, 0.3) is 0 Å². The Balaban J connectivity index is 2.26. The van der Waals surface area contributed by atoms with E-state index in [-0.39, 0.29) is 0 Å². The molecule has 0 aliphatic carbocycles. The predicted molar refractivity (Wildman–Crippen MR) is 28.8 cm³/mol. The molecule has 0 N–H and O–H groups in total. The summed E-state index contributed by atoms with van der Waals surface area (Å²) in [5.41, 5.74) is 0. The number of rotatable bonds is 0. The highest BCUT2D eigenvalue weighted by Crippen LogP contribution is 1.95. The number of nitrogens with zero attached hydrogens (tertiary/aromatic N) is 2. The molecule has 30 valence electrons. The minimum Gasteiger partial charge on any atom is -0.279 e. The Morgan fingerprint density at radius 1 is 1.00 bits per heavy atom. The van der Waals surface area contributed by atoms with Crippen LogP contribution in [0.4, 0.5) is 0 Å². The first-order valence-electron chi connectivity index (χ1n) is 2.33. The highest BCUT2D eigenvalue weighted by Gasteiger charge is 1.95. The van der Waals surface area contributed by atoms with E-state index in [9.17, 15) is 0 Å². The van der Waals surface area contributed by atoms with Gasteiger partial charge in [-0.1, -0.05) is 12.6 Å². The number of hydrogen-bond donors (Lipinski definition) is 0. The molecule has 0 aromatic carbocycles. The molecule has 0 saturated carbocycles. The summed E-state index contributed by atoms with van der Waals surface area (Å²) in [6, 6.07) is 0. The average Bonchev–Trinajstić information content (AvgIpc) is 1.72. The highest BCUT2D eigenvalue weighted by atomic mass is 15.0. The maximum atomic E-state index is 3.80. The lowest BCUT2D eigenvalue weighted by Gasteiger charge is -1.93. The van der Waals surface area contributed by atoms with Crippen LogP contribution in [0.2, 0.25) is 12.6 Å². The first kappa shape index (κ1) is 3.90. The van der Waals surface area contributed by atoms with Crippen molar-refractivity contribution in [3.05, 3.63) is 0 Å². The fourth-order valence-electron chi connectivity index (χ4n) is 0.506. The van der Waals surface area contributed by atoms with E-state index < -0.39 is 0 Å². The van der Waals surface area contributed by atoms with Crippen LogP contribution in [-0.4, -0.2) is 14.8 Å². The molecule has 6 heavy (non-hydrogen) atoms. The fraction of sp³-hybridized carbons (Fsp3) is 1.00. The molecule has 1 aliphatic rings. The Morgan fingerprint density at radius 3 is 1.67 bits per heavy atom. The van der Waals surface area contributed by atoms with Gasteiger partial charge in [-0.2, -0.15) is 0 Å². The van der Waals surface area contributed by atoms with Crippen LogP contribution in [0.1, 0.15) is 0 Å². The fourth-order valence-corrected chi connectivity index (χ4v) is 0.506. The van der Waals surface area contributed by atoms with Crippen molar-refractivity contribution in [2.75, 3.05) is 0 Å². The highest BCUT2D eigenvalue weighted by molar-refractivity contribution is 6.43. The molecule has 0 radical (unpaired) electrons. The maximum Gasteiger partial charge on any atom is 0.288 e. The van der Waals surface area contributed by atoms with E-state index in [1.165, 1.54) is 12.6 Å². The molecular weight excluding hydrogens is 73.7 g/mol. The summed E-state index contributed by atoms with van der Waals surface area (Å²) in [7, 11) is 1.92. The third kappa shape index (κ3) is 0.847. The van der Waals surface area contributed by atoms with Crippen LogP contribution in [0.15, 0.2) is 10.1 Å². The van der Waals surface area contributed by atoms with Crippen molar-refractivity contribution in [1.29, 1.82) is 0 Å². The summed E-state index contributed by atoms with van der Waals surface area (Å²) in [4.78, 5) is 0. The van der Waals surface area contributed by atoms with Crippen molar-refractivity contribution in [3.8, 4) is 0 Å². The van der Waals surface area contributed by atoms with Gasteiger partial charge >= 0.3 is 0 Å². The van der Waals surface area contributed by atoms with Gasteiger partial charge in [0, 0.05) is 0 Å².